The largest absolute Gasteiger partial charge is 0.330 e. The van der Waals surface area contributed by atoms with Crippen molar-refractivity contribution in [1.29, 1.82) is 0 Å². The summed E-state index contributed by atoms with van der Waals surface area (Å²) in [4.78, 5) is 15.7. The van der Waals surface area contributed by atoms with Gasteiger partial charge in [0.05, 0.1) is 0 Å². The van der Waals surface area contributed by atoms with Crippen LogP contribution >= 0.6 is 11.3 Å². The molecule has 0 aromatic carbocycles. The Hall–Kier alpha value is -1.86. The Morgan fingerprint density at radius 1 is 1.33 bits per heavy atom. The lowest BCUT2D eigenvalue weighted by atomic mass is 10.2. The molecule has 1 amide bonds. The van der Waals surface area contributed by atoms with Crippen LogP contribution in [0.1, 0.15) is 21.8 Å². The molecule has 0 atom stereocenters. The molecule has 0 saturated carbocycles. The van der Waals surface area contributed by atoms with Gasteiger partial charge in [0, 0.05) is 24.4 Å². The van der Waals surface area contributed by atoms with Crippen LogP contribution in [0.5, 0.6) is 0 Å². The normalized spacial score (nSPS) is 10.3. The van der Waals surface area contributed by atoms with E-state index in [4.69, 9.17) is 5.73 Å². The third-order valence-corrected chi connectivity index (χ3v) is 3.12. The maximum atomic E-state index is 11.8. The van der Waals surface area contributed by atoms with E-state index in [-0.39, 0.29) is 5.91 Å². The number of hydrogen-bond donors (Lipinski definition) is 2. The highest BCUT2D eigenvalue weighted by atomic mass is 32.1. The van der Waals surface area contributed by atoms with Gasteiger partial charge in [-0.25, -0.2) is 0 Å². The fraction of sp³-hybridized carbons (Fsp3) is 0.273. The molecular weight excluding hydrogens is 250 g/mol. The first-order valence-corrected chi connectivity index (χ1v) is 6.35. The molecule has 0 fully saturated rings. The van der Waals surface area contributed by atoms with Gasteiger partial charge in [-0.3, -0.25) is 15.1 Å². The fourth-order valence-corrected chi connectivity index (χ4v) is 2.11. The zero-order valence-corrected chi connectivity index (χ0v) is 10.5. The Kier molecular flexibility index (Phi) is 4.32. The van der Waals surface area contributed by atoms with Crippen LogP contribution in [0.15, 0.2) is 24.5 Å². The minimum Gasteiger partial charge on any atom is -0.330 e. The molecule has 0 aliphatic rings. The Morgan fingerprint density at radius 3 is 2.83 bits per heavy atom. The summed E-state index contributed by atoms with van der Waals surface area (Å²) in [6.07, 6.45) is 4.80. The lowest BCUT2D eigenvalue weighted by Crippen LogP contribution is -2.11. The Morgan fingerprint density at radius 2 is 2.11 bits per heavy atom. The van der Waals surface area contributed by atoms with E-state index < -0.39 is 0 Å². The summed E-state index contributed by atoms with van der Waals surface area (Å²) < 4.78 is 0. The maximum Gasteiger partial charge on any atom is 0.257 e. The molecule has 0 aliphatic carbocycles. The van der Waals surface area contributed by atoms with Gasteiger partial charge in [0.25, 0.3) is 5.91 Å². The number of aryl methyl sites for hydroxylation is 1. The molecule has 2 aromatic rings. The first kappa shape index (κ1) is 12.6. The SMILES string of the molecule is NCCCc1nnc(NC(=O)c2ccncc2)s1. The summed E-state index contributed by atoms with van der Waals surface area (Å²) in [5, 5.41) is 12.0. The molecule has 2 heterocycles. The molecule has 2 aromatic heterocycles. The Labute approximate surface area is 108 Å². The molecule has 94 valence electrons. The van der Waals surface area contributed by atoms with Crippen molar-refractivity contribution in [2.24, 2.45) is 5.73 Å². The average molecular weight is 263 g/mol. The second-order valence-corrected chi connectivity index (χ2v) is 4.65. The van der Waals surface area contributed by atoms with E-state index in [1.54, 1.807) is 24.5 Å². The summed E-state index contributed by atoms with van der Waals surface area (Å²) >= 11 is 1.37. The number of pyridine rings is 1. The first-order chi connectivity index (χ1) is 8.79. The summed E-state index contributed by atoms with van der Waals surface area (Å²) in [5.41, 5.74) is 5.97. The zero-order valence-electron chi connectivity index (χ0n) is 9.67. The molecule has 0 unspecified atom stereocenters. The van der Waals surface area contributed by atoms with Gasteiger partial charge in [0.2, 0.25) is 5.13 Å². The highest BCUT2D eigenvalue weighted by molar-refractivity contribution is 7.15. The van der Waals surface area contributed by atoms with E-state index in [0.717, 1.165) is 17.8 Å². The summed E-state index contributed by atoms with van der Waals surface area (Å²) in [6.45, 7) is 0.623. The van der Waals surface area contributed by atoms with Crippen LogP contribution in [-0.4, -0.2) is 27.6 Å². The van der Waals surface area contributed by atoms with Gasteiger partial charge in [-0.1, -0.05) is 11.3 Å². The molecule has 7 heteroatoms. The van der Waals surface area contributed by atoms with Gasteiger partial charge in [0.1, 0.15) is 5.01 Å². The highest BCUT2D eigenvalue weighted by Crippen LogP contribution is 2.17. The number of nitrogens with zero attached hydrogens (tertiary/aromatic N) is 3. The maximum absolute atomic E-state index is 11.8. The molecule has 0 aliphatic heterocycles. The lowest BCUT2D eigenvalue weighted by Gasteiger charge is -1.99. The first-order valence-electron chi connectivity index (χ1n) is 5.53. The number of nitrogens with two attached hydrogens (primary N) is 1. The Bertz CT molecular complexity index is 513. The van der Waals surface area contributed by atoms with Crippen molar-refractivity contribution < 1.29 is 4.79 Å². The van der Waals surface area contributed by atoms with Gasteiger partial charge >= 0.3 is 0 Å². The predicted molar refractivity (Wildman–Crippen MR) is 69.5 cm³/mol. The van der Waals surface area contributed by atoms with Gasteiger partial charge in [-0.05, 0) is 25.1 Å². The topological polar surface area (TPSA) is 93.8 Å². The number of hydrogen-bond acceptors (Lipinski definition) is 6. The molecule has 2 rings (SSSR count). The van der Waals surface area contributed by atoms with Crippen molar-refractivity contribution in [3.63, 3.8) is 0 Å². The quantitative estimate of drug-likeness (QED) is 0.841. The number of anilines is 1. The van der Waals surface area contributed by atoms with Crippen LogP contribution in [0.2, 0.25) is 0 Å². The molecule has 0 bridgehead atoms. The second kappa shape index (κ2) is 6.18. The van der Waals surface area contributed by atoms with E-state index in [0.29, 0.717) is 17.2 Å². The third kappa shape index (κ3) is 3.31. The molecular formula is C11H13N5OS. The fourth-order valence-electron chi connectivity index (χ4n) is 1.33. The van der Waals surface area contributed by atoms with E-state index >= 15 is 0 Å². The number of carbonyl (C=O) groups is 1. The van der Waals surface area contributed by atoms with Gasteiger partial charge in [-0.2, -0.15) is 0 Å². The van der Waals surface area contributed by atoms with Crippen LogP contribution in [0.4, 0.5) is 5.13 Å². The predicted octanol–water partition coefficient (Wildman–Crippen LogP) is 1.08. The number of rotatable bonds is 5. The zero-order chi connectivity index (χ0) is 12.8. The minimum atomic E-state index is -0.209. The molecule has 0 saturated heterocycles. The van der Waals surface area contributed by atoms with Crippen molar-refractivity contribution in [2.75, 3.05) is 11.9 Å². The monoisotopic (exact) mass is 263 g/mol. The summed E-state index contributed by atoms with van der Waals surface area (Å²) in [6, 6.07) is 3.29. The van der Waals surface area contributed by atoms with Gasteiger partial charge in [-0.15, -0.1) is 10.2 Å². The van der Waals surface area contributed by atoms with Crippen LogP contribution in [0, 0.1) is 0 Å². The molecule has 6 nitrogen and oxygen atoms in total. The summed E-state index contributed by atoms with van der Waals surface area (Å²) in [7, 11) is 0. The van der Waals surface area contributed by atoms with Crippen molar-refractivity contribution in [3.8, 4) is 0 Å². The Balaban J connectivity index is 1.97. The van der Waals surface area contributed by atoms with Crippen LogP contribution < -0.4 is 11.1 Å². The number of carbonyl (C=O) groups excluding carboxylic acids is 1. The summed E-state index contributed by atoms with van der Waals surface area (Å²) in [5.74, 6) is -0.209. The minimum absolute atomic E-state index is 0.209. The molecule has 3 N–H and O–H groups in total. The second-order valence-electron chi connectivity index (χ2n) is 3.58. The van der Waals surface area contributed by atoms with E-state index in [9.17, 15) is 4.79 Å². The van der Waals surface area contributed by atoms with Crippen molar-refractivity contribution in [3.05, 3.63) is 35.1 Å². The third-order valence-electron chi connectivity index (χ3n) is 2.22. The smallest absolute Gasteiger partial charge is 0.257 e. The molecule has 0 spiro atoms. The number of nitrogens with one attached hydrogen (secondary N) is 1. The van der Waals surface area contributed by atoms with Crippen LogP contribution in [0.3, 0.4) is 0 Å². The standard InChI is InChI=1S/C11H13N5OS/c12-5-1-2-9-15-16-11(18-9)14-10(17)8-3-6-13-7-4-8/h3-4,6-7H,1-2,5,12H2,(H,14,16,17). The van der Waals surface area contributed by atoms with Gasteiger partial charge < -0.3 is 5.73 Å². The molecule has 0 radical (unpaired) electrons. The average Bonchev–Trinajstić information content (AvgIpc) is 2.85. The van der Waals surface area contributed by atoms with Crippen molar-refractivity contribution >= 4 is 22.4 Å². The number of amides is 1. The number of aromatic nitrogens is 3. The molecule has 18 heavy (non-hydrogen) atoms. The van der Waals surface area contributed by atoms with E-state index in [1.165, 1.54) is 11.3 Å². The van der Waals surface area contributed by atoms with Gasteiger partial charge in [0.15, 0.2) is 0 Å². The van der Waals surface area contributed by atoms with E-state index in [1.807, 2.05) is 0 Å². The van der Waals surface area contributed by atoms with E-state index in [2.05, 4.69) is 20.5 Å². The van der Waals surface area contributed by atoms with Crippen molar-refractivity contribution in [2.45, 2.75) is 12.8 Å². The lowest BCUT2D eigenvalue weighted by molar-refractivity contribution is 0.102. The highest BCUT2D eigenvalue weighted by Gasteiger charge is 2.09. The van der Waals surface area contributed by atoms with Crippen molar-refractivity contribution in [1.82, 2.24) is 15.2 Å². The van der Waals surface area contributed by atoms with Crippen LogP contribution in [-0.2, 0) is 6.42 Å². The van der Waals surface area contributed by atoms with Crippen LogP contribution in [0.25, 0.3) is 0 Å².